The van der Waals surface area contributed by atoms with Gasteiger partial charge in [-0.05, 0) is 48.2 Å². The fraction of sp³-hybridized carbons (Fsp3) is 0.348. The van der Waals surface area contributed by atoms with E-state index in [1.807, 2.05) is 36.7 Å². The van der Waals surface area contributed by atoms with Gasteiger partial charge in [0.15, 0.2) is 0 Å². The van der Waals surface area contributed by atoms with E-state index in [9.17, 15) is 0 Å². The summed E-state index contributed by atoms with van der Waals surface area (Å²) in [6, 6.07) is 18.4. The summed E-state index contributed by atoms with van der Waals surface area (Å²) in [5, 5.41) is 0. The van der Waals surface area contributed by atoms with E-state index in [0.717, 1.165) is 48.8 Å². The maximum atomic E-state index is 4.90. The zero-order chi connectivity index (χ0) is 19.1. The van der Waals surface area contributed by atoms with E-state index in [4.69, 9.17) is 4.98 Å². The van der Waals surface area contributed by atoms with Gasteiger partial charge in [-0.25, -0.2) is 0 Å². The Balaban J connectivity index is 1.77. The molecule has 0 N–H and O–H groups in total. The Bertz CT molecular complexity index is 784. The van der Waals surface area contributed by atoms with Crippen LogP contribution >= 0.6 is 0 Å². The minimum Gasteiger partial charge on any atom is -0.286 e. The van der Waals surface area contributed by atoms with Gasteiger partial charge in [0.25, 0.3) is 0 Å². The molecule has 0 aliphatic rings. The molecule has 3 aromatic heterocycles. The van der Waals surface area contributed by atoms with Gasteiger partial charge in [0.05, 0.1) is 17.1 Å². The van der Waals surface area contributed by atoms with Crippen LogP contribution in [0.4, 0.5) is 0 Å². The van der Waals surface area contributed by atoms with Gasteiger partial charge in [0.1, 0.15) is 0 Å². The predicted octanol–water partition coefficient (Wildman–Crippen LogP) is 4.66. The molecule has 0 radical (unpaired) electrons. The first-order valence-corrected chi connectivity index (χ1v) is 9.45. The molecule has 4 heteroatoms. The topological polar surface area (TPSA) is 41.9 Å². The number of pyridine rings is 3. The molecule has 0 spiro atoms. The molecule has 0 fully saturated rings. The summed E-state index contributed by atoms with van der Waals surface area (Å²) in [7, 11) is 0. The zero-order valence-corrected chi connectivity index (χ0v) is 16.5. The SMILES string of the molecule is CC(C)(C)Cc1cccc(CN(Cc2ccccn2)Cc2ccccn2)n1. The third-order valence-electron chi connectivity index (χ3n) is 4.18. The number of hydrogen-bond donors (Lipinski definition) is 0. The van der Waals surface area contributed by atoms with Crippen molar-refractivity contribution in [3.05, 3.63) is 89.8 Å². The van der Waals surface area contributed by atoms with E-state index < -0.39 is 0 Å². The first-order chi connectivity index (χ1) is 13.0. The van der Waals surface area contributed by atoms with Crippen LogP contribution in [0.15, 0.2) is 67.0 Å². The summed E-state index contributed by atoms with van der Waals surface area (Å²) in [4.78, 5) is 16.2. The Hall–Kier alpha value is -2.59. The summed E-state index contributed by atoms with van der Waals surface area (Å²) >= 11 is 0. The molecule has 3 rings (SSSR count). The maximum absolute atomic E-state index is 4.90. The normalized spacial score (nSPS) is 11.7. The Morgan fingerprint density at radius 3 is 1.70 bits per heavy atom. The quantitative estimate of drug-likeness (QED) is 0.614. The third-order valence-corrected chi connectivity index (χ3v) is 4.18. The lowest BCUT2D eigenvalue weighted by Gasteiger charge is -2.22. The molecule has 0 aliphatic heterocycles. The lowest BCUT2D eigenvalue weighted by atomic mass is 9.90. The second kappa shape index (κ2) is 8.87. The van der Waals surface area contributed by atoms with Crippen LogP contribution in [-0.2, 0) is 26.1 Å². The Kier molecular flexibility index (Phi) is 6.30. The van der Waals surface area contributed by atoms with Gasteiger partial charge >= 0.3 is 0 Å². The fourth-order valence-corrected chi connectivity index (χ4v) is 3.10. The molecule has 3 heterocycles. The average molecular weight is 361 g/mol. The van der Waals surface area contributed by atoms with Crippen LogP contribution in [0.2, 0.25) is 0 Å². The van der Waals surface area contributed by atoms with Crippen molar-refractivity contribution in [3.63, 3.8) is 0 Å². The Labute approximate surface area is 162 Å². The van der Waals surface area contributed by atoms with Gasteiger partial charge in [0, 0.05) is 37.7 Å². The second-order valence-corrected chi connectivity index (χ2v) is 8.15. The highest BCUT2D eigenvalue weighted by molar-refractivity contribution is 5.13. The molecule has 0 aromatic carbocycles. The number of hydrogen-bond acceptors (Lipinski definition) is 4. The van der Waals surface area contributed by atoms with E-state index >= 15 is 0 Å². The van der Waals surface area contributed by atoms with Crippen molar-refractivity contribution in [2.45, 2.75) is 46.8 Å². The van der Waals surface area contributed by atoms with Crippen molar-refractivity contribution in [1.82, 2.24) is 19.9 Å². The van der Waals surface area contributed by atoms with Crippen LogP contribution in [0.1, 0.15) is 43.5 Å². The fourth-order valence-electron chi connectivity index (χ4n) is 3.10. The molecule has 0 amide bonds. The van der Waals surface area contributed by atoms with Gasteiger partial charge in [-0.2, -0.15) is 0 Å². The standard InChI is InChI=1S/C23H28N4/c1-23(2,3)15-19-11-8-12-22(26-19)18-27(16-20-9-4-6-13-24-20)17-21-10-5-7-14-25-21/h4-14H,15-18H2,1-3H3. The Morgan fingerprint density at radius 2 is 1.19 bits per heavy atom. The molecule has 27 heavy (non-hydrogen) atoms. The summed E-state index contributed by atoms with van der Waals surface area (Å²) < 4.78 is 0. The van der Waals surface area contributed by atoms with Crippen molar-refractivity contribution in [2.24, 2.45) is 5.41 Å². The highest BCUT2D eigenvalue weighted by atomic mass is 15.1. The van der Waals surface area contributed by atoms with Gasteiger partial charge < -0.3 is 0 Å². The largest absolute Gasteiger partial charge is 0.286 e. The molecule has 3 aromatic rings. The van der Waals surface area contributed by atoms with Gasteiger partial charge in [-0.3, -0.25) is 19.9 Å². The van der Waals surface area contributed by atoms with Crippen LogP contribution in [0.5, 0.6) is 0 Å². The first-order valence-electron chi connectivity index (χ1n) is 9.45. The summed E-state index contributed by atoms with van der Waals surface area (Å²) in [5.74, 6) is 0. The van der Waals surface area contributed by atoms with Gasteiger partial charge in [0.2, 0.25) is 0 Å². The number of rotatable bonds is 7. The smallest absolute Gasteiger partial charge is 0.0547 e. The molecule has 0 saturated heterocycles. The van der Waals surface area contributed by atoms with Crippen molar-refractivity contribution in [2.75, 3.05) is 0 Å². The molecule has 4 nitrogen and oxygen atoms in total. The Morgan fingerprint density at radius 1 is 0.667 bits per heavy atom. The monoisotopic (exact) mass is 360 g/mol. The van der Waals surface area contributed by atoms with Crippen molar-refractivity contribution < 1.29 is 0 Å². The van der Waals surface area contributed by atoms with E-state index in [0.29, 0.717) is 0 Å². The molecule has 0 atom stereocenters. The zero-order valence-electron chi connectivity index (χ0n) is 16.5. The average Bonchev–Trinajstić information content (AvgIpc) is 2.62. The van der Waals surface area contributed by atoms with Gasteiger partial charge in [-0.15, -0.1) is 0 Å². The van der Waals surface area contributed by atoms with Gasteiger partial charge in [-0.1, -0.05) is 39.0 Å². The van der Waals surface area contributed by atoms with Crippen LogP contribution in [0.25, 0.3) is 0 Å². The highest BCUT2D eigenvalue weighted by Crippen LogP contribution is 2.20. The van der Waals surface area contributed by atoms with E-state index in [1.165, 1.54) is 0 Å². The summed E-state index contributed by atoms with van der Waals surface area (Å²) in [6.45, 7) is 9.04. The van der Waals surface area contributed by atoms with E-state index in [2.05, 4.69) is 66.0 Å². The predicted molar refractivity (Wildman–Crippen MR) is 109 cm³/mol. The molecule has 0 saturated carbocycles. The molecule has 0 unspecified atom stereocenters. The van der Waals surface area contributed by atoms with Crippen LogP contribution in [0, 0.1) is 5.41 Å². The lowest BCUT2D eigenvalue weighted by molar-refractivity contribution is 0.238. The molecule has 140 valence electrons. The molecular formula is C23H28N4. The summed E-state index contributed by atoms with van der Waals surface area (Å²) in [5.41, 5.74) is 4.57. The highest BCUT2D eigenvalue weighted by Gasteiger charge is 2.14. The first kappa shape index (κ1) is 19.2. The summed E-state index contributed by atoms with van der Waals surface area (Å²) in [6.07, 6.45) is 4.66. The molecule has 0 aliphatic carbocycles. The number of aromatic nitrogens is 3. The van der Waals surface area contributed by atoms with E-state index in [-0.39, 0.29) is 5.41 Å². The van der Waals surface area contributed by atoms with Crippen molar-refractivity contribution >= 4 is 0 Å². The minimum atomic E-state index is 0.229. The van der Waals surface area contributed by atoms with E-state index in [1.54, 1.807) is 0 Å². The number of nitrogens with zero attached hydrogens (tertiary/aromatic N) is 4. The third kappa shape index (κ3) is 6.57. The second-order valence-electron chi connectivity index (χ2n) is 8.15. The molecular weight excluding hydrogens is 332 g/mol. The maximum Gasteiger partial charge on any atom is 0.0547 e. The van der Waals surface area contributed by atoms with Crippen LogP contribution in [0.3, 0.4) is 0 Å². The van der Waals surface area contributed by atoms with Crippen LogP contribution in [-0.4, -0.2) is 19.9 Å². The van der Waals surface area contributed by atoms with Crippen molar-refractivity contribution in [3.8, 4) is 0 Å². The van der Waals surface area contributed by atoms with Crippen LogP contribution < -0.4 is 0 Å². The van der Waals surface area contributed by atoms with Crippen molar-refractivity contribution in [1.29, 1.82) is 0 Å². The minimum absolute atomic E-state index is 0.229. The lowest BCUT2D eigenvalue weighted by Crippen LogP contribution is -2.24. The molecule has 0 bridgehead atoms.